The van der Waals surface area contributed by atoms with Crippen LogP contribution in [-0.2, 0) is 4.79 Å². The lowest BCUT2D eigenvalue weighted by Gasteiger charge is -2.05. The average Bonchev–Trinajstić information content (AvgIpc) is 2.85. The van der Waals surface area contributed by atoms with E-state index in [1.807, 2.05) is 0 Å². The number of nitrogens with one attached hydrogen (secondary N) is 1. The molecule has 0 bridgehead atoms. The fraction of sp³-hybridized carbons (Fsp3) is 0.167. The number of carbonyl (C=O) groups is 2. The Morgan fingerprint density at radius 1 is 1.24 bits per heavy atom. The van der Waals surface area contributed by atoms with Crippen molar-refractivity contribution in [2.24, 2.45) is 5.73 Å². The highest BCUT2D eigenvalue weighted by Crippen LogP contribution is 2.24. The average molecular weight is 323 g/mol. The molecule has 5 N–H and O–H groups in total. The molecule has 7 nitrogen and oxygen atoms in total. The fourth-order valence-electron chi connectivity index (χ4n) is 1.45. The number of amides is 2. The molecule has 1 heterocycles. The predicted molar refractivity (Wildman–Crippen MR) is 83.3 cm³/mol. The summed E-state index contributed by atoms with van der Waals surface area (Å²) < 4.78 is 0.742. The van der Waals surface area contributed by atoms with Gasteiger partial charge in [-0.15, -0.1) is 10.2 Å². The summed E-state index contributed by atoms with van der Waals surface area (Å²) >= 11 is 2.72. The Balaban J connectivity index is 1.77. The molecule has 0 atom stereocenters. The molecule has 0 aliphatic carbocycles. The van der Waals surface area contributed by atoms with Gasteiger partial charge in [0.15, 0.2) is 4.34 Å². The quantitative estimate of drug-likeness (QED) is 0.689. The summed E-state index contributed by atoms with van der Waals surface area (Å²) in [6, 6.07) is 6.40. The minimum Gasteiger partial charge on any atom is -0.374 e. The van der Waals surface area contributed by atoms with Gasteiger partial charge in [-0.1, -0.05) is 23.1 Å². The van der Waals surface area contributed by atoms with Gasteiger partial charge in [0.05, 0.1) is 0 Å². The second-order valence-corrected chi connectivity index (χ2v) is 6.35. The molecule has 2 amide bonds. The molecule has 0 aliphatic heterocycles. The maximum Gasteiger partial charge on any atom is 0.248 e. The molecule has 2 aromatic rings. The minimum atomic E-state index is -0.499. The number of benzene rings is 1. The molecular weight excluding hydrogens is 310 g/mol. The third-order valence-corrected chi connectivity index (χ3v) is 4.32. The maximum atomic E-state index is 11.8. The van der Waals surface area contributed by atoms with Crippen LogP contribution in [-0.4, -0.2) is 27.8 Å². The third-order valence-electron chi connectivity index (χ3n) is 2.43. The van der Waals surface area contributed by atoms with Gasteiger partial charge in [-0.05, 0) is 24.3 Å². The fourth-order valence-corrected chi connectivity index (χ4v) is 3.10. The van der Waals surface area contributed by atoms with Crippen molar-refractivity contribution in [1.82, 2.24) is 10.2 Å². The largest absolute Gasteiger partial charge is 0.374 e. The molecule has 9 heteroatoms. The van der Waals surface area contributed by atoms with E-state index in [2.05, 4.69) is 15.5 Å². The molecule has 1 aromatic heterocycles. The SMILES string of the molecule is NC(=O)c1ccc(NC(=O)CCSc2nnc(N)s2)cc1. The monoisotopic (exact) mass is 323 g/mol. The van der Waals surface area contributed by atoms with Crippen LogP contribution in [0.4, 0.5) is 10.8 Å². The Kier molecular flexibility index (Phi) is 5.12. The first-order valence-corrected chi connectivity index (χ1v) is 7.76. The van der Waals surface area contributed by atoms with Gasteiger partial charge >= 0.3 is 0 Å². The van der Waals surface area contributed by atoms with Crippen LogP contribution in [0.3, 0.4) is 0 Å². The summed E-state index contributed by atoms with van der Waals surface area (Å²) in [5.41, 5.74) is 11.6. The number of aromatic nitrogens is 2. The van der Waals surface area contributed by atoms with Crippen LogP contribution in [0.15, 0.2) is 28.6 Å². The lowest BCUT2D eigenvalue weighted by atomic mass is 10.2. The molecule has 0 saturated carbocycles. The van der Waals surface area contributed by atoms with Crippen LogP contribution >= 0.6 is 23.1 Å². The van der Waals surface area contributed by atoms with Gasteiger partial charge in [0.1, 0.15) is 0 Å². The van der Waals surface area contributed by atoms with E-state index in [9.17, 15) is 9.59 Å². The van der Waals surface area contributed by atoms with E-state index in [4.69, 9.17) is 11.5 Å². The Hall–Kier alpha value is -2.13. The molecule has 2 rings (SSSR count). The van der Waals surface area contributed by atoms with Crippen LogP contribution in [0.1, 0.15) is 16.8 Å². The smallest absolute Gasteiger partial charge is 0.248 e. The molecule has 0 fully saturated rings. The van der Waals surface area contributed by atoms with Gasteiger partial charge in [-0.25, -0.2) is 0 Å². The number of rotatable bonds is 6. The second kappa shape index (κ2) is 7.04. The van der Waals surface area contributed by atoms with Gasteiger partial charge in [0, 0.05) is 23.4 Å². The summed E-state index contributed by atoms with van der Waals surface area (Å²) in [5, 5.41) is 10.7. The third kappa shape index (κ3) is 4.72. The number of hydrogen-bond acceptors (Lipinski definition) is 7. The number of primary amides is 1. The van der Waals surface area contributed by atoms with E-state index in [1.54, 1.807) is 24.3 Å². The van der Waals surface area contributed by atoms with E-state index in [-0.39, 0.29) is 5.91 Å². The van der Waals surface area contributed by atoms with Crippen molar-refractivity contribution in [3.05, 3.63) is 29.8 Å². The Labute approximate surface area is 129 Å². The molecule has 1 aromatic carbocycles. The number of nitrogens with two attached hydrogens (primary N) is 2. The second-order valence-electron chi connectivity index (χ2n) is 3.99. The summed E-state index contributed by atoms with van der Waals surface area (Å²) in [4.78, 5) is 22.7. The summed E-state index contributed by atoms with van der Waals surface area (Å²) in [7, 11) is 0. The Bertz CT molecular complexity index is 641. The van der Waals surface area contributed by atoms with Gasteiger partial charge < -0.3 is 16.8 Å². The van der Waals surface area contributed by atoms with Crippen molar-refractivity contribution in [3.63, 3.8) is 0 Å². The minimum absolute atomic E-state index is 0.119. The van der Waals surface area contributed by atoms with Gasteiger partial charge in [-0.3, -0.25) is 9.59 Å². The number of hydrogen-bond donors (Lipinski definition) is 3. The first-order valence-electron chi connectivity index (χ1n) is 5.96. The zero-order valence-electron chi connectivity index (χ0n) is 10.9. The van der Waals surface area contributed by atoms with Crippen LogP contribution in [0.25, 0.3) is 0 Å². The number of nitrogens with zero attached hydrogens (tertiary/aromatic N) is 2. The summed E-state index contributed by atoms with van der Waals surface area (Å²) in [6.45, 7) is 0. The van der Waals surface area contributed by atoms with Crippen LogP contribution in [0.5, 0.6) is 0 Å². The molecule has 0 spiro atoms. The van der Waals surface area contributed by atoms with Crippen molar-refractivity contribution in [2.45, 2.75) is 10.8 Å². The maximum absolute atomic E-state index is 11.8. The molecule has 21 heavy (non-hydrogen) atoms. The van der Waals surface area contributed by atoms with Crippen LogP contribution in [0.2, 0.25) is 0 Å². The van der Waals surface area contributed by atoms with E-state index >= 15 is 0 Å². The standard InChI is InChI=1S/C12H13N5O2S2/c13-10(19)7-1-3-8(4-2-7)15-9(18)5-6-20-12-17-16-11(14)21-12/h1-4H,5-6H2,(H2,13,19)(H2,14,16)(H,15,18). The molecule has 110 valence electrons. The highest BCUT2D eigenvalue weighted by atomic mass is 32.2. The summed E-state index contributed by atoms with van der Waals surface area (Å²) in [5.74, 6) is -0.0350. The van der Waals surface area contributed by atoms with Gasteiger partial charge in [0.2, 0.25) is 16.9 Å². The number of carbonyl (C=O) groups excluding carboxylic acids is 2. The number of nitrogen functional groups attached to an aromatic ring is 1. The zero-order valence-corrected chi connectivity index (χ0v) is 12.5. The lowest BCUT2D eigenvalue weighted by Crippen LogP contribution is -2.13. The van der Waals surface area contributed by atoms with E-state index in [1.165, 1.54) is 23.1 Å². The normalized spacial score (nSPS) is 10.3. The molecule has 0 unspecified atom stereocenters. The van der Waals surface area contributed by atoms with Crippen molar-refractivity contribution in [3.8, 4) is 0 Å². The van der Waals surface area contributed by atoms with Crippen LogP contribution in [0, 0.1) is 0 Å². The van der Waals surface area contributed by atoms with Gasteiger partial charge in [-0.2, -0.15) is 0 Å². The van der Waals surface area contributed by atoms with Crippen molar-refractivity contribution in [2.75, 3.05) is 16.8 Å². The molecule has 0 saturated heterocycles. The molecule has 0 radical (unpaired) electrons. The molecular formula is C12H13N5O2S2. The van der Waals surface area contributed by atoms with Crippen LogP contribution < -0.4 is 16.8 Å². The summed E-state index contributed by atoms with van der Waals surface area (Å²) in [6.07, 6.45) is 0.335. The van der Waals surface area contributed by atoms with Crippen molar-refractivity contribution < 1.29 is 9.59 Å². The van der Waals surface area contributed by atoms with E-state index in [0.29, 0.717) is 28.6 Å². The molecule has 0 aliphatic rings. The number of anilines is 2. The van der Waals surface area contributed by atoms with Gasteiger partial charge in [0.25, 0.3) is 0 Å². The lowest BCUT2D eigenvalue weighted by molar-refractivity contribution is -0.115. The highest BCUT2D eigenvalue weighted by molar-refractivity contribution is 8.01. The first-order chi connectivity index (χ1) is 10.0. The Morgan fingerprint density at radius 2 is 1.95 bits per heavy atom. The number of thioether (sulfide) groups is 1. The first kappa shape index (κ1) is 15.3. The predicted octanol–water partition coefficient (Wildman–Crippen LogP) is 1.34. The zero-order chi connectivity index (χ0) is 15.2. The van der Waals surface area contributed by atoms with E-state index < -0.39 is 5.91 Å². The van der Waals surface area contributed by atoms with Crippen molar-refractivity contribution in [1.29, 1.82) is 0 Å². The topological polar surface area (TPSA) is 124 Å². The van der Waals surface area contributed by atoms with E-state index in [0.717, 1.165) is 4.34 Å². The Morgan fingerprint density at radius 3 is 2.52 bits per heavy atom. The van der Waals surface area contributed by atoms with Crippen molar-refractivity contribution >= 4 is 45.7 Å². The highest BCUT2D eigenvalue weighted by Gasteiger charge is 2.06.